The molecule has 2 aromatic rings. The van der Waals surface area contributed by atoms with Gasteiger partial charge in [0, 0.05) is 17.0 Å². The molecule has 0 radical (unpaired) electrons. The van der Waals surface area contributed by atoms with Crippen molar-refractivity contribution in [1.29, 1.82) is 0 Å². The van der Waals surface area contributed by atoms with Gasteiger partial charge in [-0.3, -0.25) is 0 Å². The lowest BCUT2D eigenvalue weighted by molar-refractivity contribution is -0.134. The standard InChI is InChI=1S/C11H9FIN2O2P/c1-17-9(16)5-4-7-2-3-8-6-14-15(18-13)11(8)10(7)12/h2-6,18H,1H3/b5-4+. The van der Waals surface area contributed by atoms with E-state index in [9.17, 15) is 9.18 Å². The second-order valence-corrected chi connectivity index (χ2v) is 5.44. The molecule has 1 aromatic carbocycles. The zero-order valence-corrected chi connectivity index (χ0v) is 12.5. The number of ether oxygens (including phenoxy) is 1. The molecule has 0 N–H and O–H groups in total. The molecule has 18 heavy (non-hydrogen) atoms. The second-order valence-electron chi connectivity index (χ2n) is 3.40. The molecule has 0 aliphatic rings. The highest BCUT2D eigenvalue weighted by molar-refractivity contribution is 14.2. The molecule has 0 saturated carbocycles. The zero-order chi connectivity index (χ0) is 13.1. The third kappa shape index (κ3) is 2.54. The number of nitrogens with zero attached hydrogens (tertiary/aromatic N) is 2. The molecular weight excluding hydrogens is 369 g/mol. The van der Waals surface area contributed by atoms with Crippen LogP contribution in [0.5, 0.6) is 0 Å². The second kappa shape index (κ2) is 5.75. The summed E-state index contributed by atoms with van der Waals surface area (Å²) < 4.78 is 20.3. The van der Waals surface area contributed by atoms with Gasteiger partial charge in [-0.2, -0.15) is 5.10 Å². The first kappa shape index (κ1) is 13.4. The summed E-state index contributed by atoms with van der Waals surface area (Å²) in [5.41, 5.74) is 0.791. The zero-order valence-electron chi connectivity index (χ0n) is 9.35. The third-order valence-electron chi connectivity index (χ3n) is 2.38. The SMILES string of the molecule is COC(=O)/C=C/c1ccc2cnn(PI)c2c1F. The minimum Gasteiger partial charge on any atom is -0.466 e. The predicted octanol–water partition coefficient (Wildman–Crippen LogP) is 3.15. The minimum absolute atomic E-state index is 0.318. The minimum atomic E-state index is -0.515. The van der Waals surface area contributed by atoms with Gasteiger partial charge in [0.2, 0.25) is 0 Å². The van der Waals surface area contributed by atoms with E-state index in [0.717, 1.165) is 5.39 Å². The number of hydrogen-bond acceptors (Lipinski definition) is 3. The Balaban J connectivity index is 2.50. The topological polar surface area (TPSA) is 44.1 Å². The van der Waals surface area contributed by atoms with Crippen LogP contribution in [0.2, 0.25) is 0 Å². The molecule has 1 atom stereocenters. The fourth-order valence-electron chi connectivity index (χ4n) is 1.51. The molecule has 2 rings (SSSR count). The largest absolute Gasteiger partial charge is 0.466 e. The summed E-state index contributed by atoms with van der Waals surface area (Å²) in [6.45, 7) is 0. The van der Waals surface area contributed by atoms with Gasteiger partial charge in [0.15, 0.2) is 5.82 Å². The average Bonchev–Trinajstić information content (AvgIpc) is 2.81. The van der Waals surface area contributed by atoms with Crippen LogP contribution < -0.4 is 0 Å². The Kier molecular flexibility index (Phi) is 4.29. The van der Waals surface area contributed by atoms with Crippen LogP contribution in [0.3, 0.4) is 0 Å². The highest BCUT2D eigenvalue weighted by atomic mass is 127. The van der Waals surface area contributed by atoms with Crippen molar-refractivity contribution in [2.24, 2.45) is 0 Å². The fourth-order valence-corrected chi connectivity index (χ4v) is 3.02. The van der Waals surface area contributed by atoms with Gasteiger partial charge < -0.3 is 4.74 Å². The predicted molar refractivity (Wildman–Crippen MR) is 78.5 cm³/mol. The van der Waals surface area contributed by atoms with Gasteiger partial charge in [0.05, 0.1) is 19.7 Å². The lowest BCUT2D eigenvalue weighted by atomic mass is 10.1. The molecule has 94 valence electrons. The Morgan fingerprint density at radius 3 is 3.06 bits per heavy atom. The number of hydrogen-bond donors (Lipinski definition) is 0. The van der Waals surface area contributed by atoms with E-state index in [1.54, 1.807) is 22.8 Å². The van der Waals surface area contributed by atoms with E-state index in [1.807, 2.05) is 0 Å². The lowest BCUT2D eigenvalue weighted by Gasteiger charge is -2.02. The summed E-state index contributed by atoms with van der Waals surface area (Å²) in [5.74, 6) is -0.895. The number of halogens is 2. The summed E-state index contributed by atoms with van der Waals surface area (Å²) in [5, 5.41) is 4.84. The maximum Gasteiger partial charge on any atom is 0.330 e. The summed E-state index contributed by atoms with van der Waals surface area (Å²) in [6.07, 6.45) is 4.53. The van der Waals surface area contributed by atoms with E-state index in [4.69, 9.17) is 0 Å². The summed E-state index contributed by atoms with van der Waals surface area (Å²) in [4.78, 5) is 11.0. The number of methoxy groups -OCH3 is 1. The van der Waals surface area contributed by atoms with E-state index in [0.29, 0.717) is 17.5 Å². The summed E-state index contributed by atoms with van der Waals surface area (Å²) in [7, 11) is 1.28. The Morgan fingerprint density at radius 2 is 2.39 bits per heavy atom. The quantitative estimate of drug-likeness (QED) is 0.357. The first-order chi connectivity index (χ1) is 8.67. The van der Waals surface area contributed by atoms with E-state index >= 15 is 0 Å². The van der Waals surface area contributed by atoms with Gasteiger partial charge in [0.1, 0.15) is 5.52 Å². The molecule has 0 saturated heterocycles. The van der Waals surface area contributed by atoms with Crippen LogP contribution in [0.4, 0.5) is 4.39 Å². The van der Waals surface area contributed by atoms with Crippen molar-refractivity contribution >= 4 is 51.4 Å². The van der Waals surface area contributed by atoms with Gasteiger partial charge in [-0.15, -0.1) is 0 Å². The summed E-state index contributed by atoms with van der Waals surface area (Å²) in [6, 6.07) is 3.38. The van der Waals surface area contributed by atoms with E-state index in [-0.39, 0.29) is 5.82 Å². The van der Waals surface area contributed by atoms with Crippen molar-refractivity contribution in [3.8, 4) is 0 Å². The van der Waals surface area contributed by atoms with Gasteiger partial charge in [-0.25, -0.2) is 13.6 Å². The Hall–Kier alpha value is -1.01. The molecule has 0 aliphatic carbocycles. The smallest absolute Gasteiger partial charge is 0.330 e. The molecule has 0 bridgehead atoms. The van der Waals surface area contributed by atoms with Crippen molar-refractivity contribution in [2.45, 2.75) is 0 Å². The van der Waals surface area contributed by atoms with Crippen molar-refractivity contribution in [3.63, 3.8) is 0 Å². The van der Waals surface area contributed by atoms with Gasteiger partial charge in [0.25, 0.3) is 0 Å². The highest BCUT2D eigenvalue weighted by Gasteiger charge is 2.11. The van der Waals surface area contributed by atoms with Gasteiger partial charge >= 0.3 is 5.97 Å². The van der Waals surface area contributed by atoms with Gasteiger partial charge in [-0.05, 0) is 28.1 Å². The molecule has 0 fully saturated rings. The molecule has 4 nitrogen and oxygen atoms in total. The Bertz CT molecular complexity index is 627. The monoisotopic (exact) mass is 378 g/mol. The molecule has 1 aromatic heterocycles. The lowest BCUT2D eigenvalue weighted by Crippen LogP contribution is -1.94. The average molecular weight is 378 g/mol. The maximum absolute atomic E-state index is 14.2. The van der Waals surface area contributed by atoms with Crippen molar-refractivity contribution in [3.05, 3.63) is 35.8 Å². The van der Waals surface area contributed by atoms with Crippen molar-refractivity contribution in [1.82, 2.24) is 9.55 Å². The number of benzene rings is 1. The fraction of sp³-hybridized carbons (Fsp3) is 0.0909. The number of carbonyl (C=O) groups is 1. The Labute approximate surface area is 118 Å². The highest BCUT2D eigenvalue weighted by Crippen LogP contribution is 2.31. The molecule has 0 spiro atoms. The van der Waals surface area contributed by atoms with E-state index < -0.39 is 5.97 Å². The molecule has 7 heteroatoms. The molecule has 0 aliphatic heterocycles. The van der Waals surface area contributed by atoms with Crippen LogP contribution in [0, 0.1) is 5.82 Å². The van der Waals surface area contributed by atoms with E-state index in [1.165, 1.54) is 19.3 Å². The third-order valence-corrected chi connectivity index (χ3v) is 4.25. The van der Waals surface area contributed by atoms with Crippen LogP contribution in [0.1, 0.15) is 5.56 Å². The first-order valence-electron chi connectivity index (χ1n) is 4.96. The van der Waals surface area contributed by atoms with Crippen LogP contribution in [-0.2, 0) is 9.53 Å². The van der Waals surface area contributed by atoms with Crippen LogP contribution in [0.15, 0.2) is 24.4 Å². The first-order valence-corrected chi connectivity index (χ1v) is 9.02. The van der Waals surface area contributed by atoms with Crippen LogP contribution in [-0.4, -0.2) is 22.6 Å². The van der Waals surface area contributed by atoms with E-state index in [2.05, 4.69) is 31.9 Å². The Morgan fingerprint density at radius 1 is 1.61 bits per heavy atom. The number of aromatic nitrogens is 2. The molecular formula is C11H9FIN2O2P. The van der Waals surface area contributed by atoms with Crippen LogP contribution in [0.25, 0.3) is 17.0 Å². The normalized spacial score (nSPS) is 11.9. The number of fused-ring (bicyclic) bond motifs is 1. The molecule has 1 unspecified atom stereocenters. The summed E-state index contributed by atoms with van der Waals surface area (Å²) >= 11 is 2.13. The number of esters is 1. The van der Waals surface area contributed by atoms with Crippen molar-refractivity contribution < 1.29 is 13.9 Å². The molecule has 1 heterocycles. The maximum atomic E-state index is 14.2. The molecule has 0 amide bonds. The number of rotatable bonds is 3. The van der Waals surface area contributed by atoms with Crippen LogP contribution >= 0.6 is 28.4 Å². The number of carbonyl (C=O) groups excluding carboxylic acids is 1. The van der Waals surface area contributed by atoms with Crippen molar-refractivity contribution in [2.75, 3.05) is 7.11 Å². The van der Waals surface area contributed by atoms with Gasteiger partial charge in [-0.1, -0.05) is 12.1 Å².